The van der Waals surface area contributed by atoms with Gasteiger partial charge >= 0.3 is 0 Å². The van der Waals surface area contributed by atoms with Gasteiger partial charge in [0, 0.05) is 31.6 Å². The maximum absolute atomic E-state index is 13.0. The lowest BCUT2D eigenvalue weighted by atomic mass is 9.96. The Balaban J connectivity index is 1.70. The molecule has 0 unspecified atom stereocenters. The second-order valence-corrected chi connectivity index (χ2v) is 5.54. The van der Waals surface area contributed by atoms with Gasteiger partial charge < -0.3 is 15.5 Å². The number of nitrogens with one attached hydrogen (secondary N) is 2. The Kier molecular flexibility index (Phi) is 5.89. The fraction of sp³-hybridized carbons (Fsp3) is 0.500. The predicted octanol–water partition coefficient (Wildman–Crippen LogP) is 1.61. The standard InChI is InChI=1S/C16H22FN3O2/c1-18-16(22)12-5-8-20(9-6-12)10-7-15(21)19-14-4-2-3-13(17)11-14/h2-4,11-12H,5-10H2,1H3,(H,18,22)(H,19,21). The van der Waals surface area contributed by atoms with Crippen molar-refractivity contribution in [3.8, 4) is 0 Å². The first kappa shape index (κ1) is 16.4. The molecule has 6 heteroatoms. The summed E-state index contributed by atoms with van der Waals surface area (Å²) in [7, 11) is 1.66. The van der Waals surface area contributed by atoms with Gasteiger partial charge in [-0.2, -0.15) is 0 Å². The molecule has 0 bridgehead atoms. The minimum atomic E-state index is -0.367. The molecule has 120 valence electrons. The number of benzene rings is 1. The maximum Gasteiger partial charge on any atom is 0.225 e. The SMILES string of the molecule is CNC(=O)C1CCN(CCC(=O)Nc2cccc(F)c2)CC1. The van der Waals surface area contributed by atoms with Crippen molar-refractivity contribution in [3.63, 3.8) is 0 Å². The molecule has 22 heavy (non-hydrogen) atoms. The molecule has 0 aliphatic carbocycles. The van der Waals surface area contributed by atoms with Crippen LogP contribution >= 0.6 is 0 Å². The van der Waals surface area contributed by atoms with Gasteiger partial charge in [-0.3, -0.25) is 9.59 Å². The molecule has 2 N–H and O–H groups in total. The van der Waals surface area contributed by atoms with Gasteiger partial charge in [0.1, 0.15) is 5.82 Å². The van der Waals surface area contributed by atoms with Gasteiger partial charge in [-0.1, -0.05) is 6.07 Å². The zero-order valence-electron chi connectivity index (χ0n) is 12.8. The molecule has 1 aliphatic rings. The molecule has 0 saturated carbocycles. The molecular formula is C16H22FN3O2. The molecule has 1 aliphatic heterocycles. The van der Waals surface area contributed by atoms with Crippen molar-refractivity contribution in [2.45, 2.75) is 19.3 Å². The van der Waals surface area contributed by atoms with E-state index in [-0.39, 0.29) is 23.5 Å². The number of hydrogen-bond acceptors (Lipinski definition) is 3. The van der Waals surface area contributed by atoms with Gasteiger partial charge in [-0.05, 0) is 44.1 Å². The van der Waals surface area contributed by atoms with Gasteiger partial charge in [0.15, 0.2) is 0 Å². The summed E-state index contributed by atoms with van der Waals surface area (Å²) in [5, 5.41) is 5.37. The summed E-state index contributed by atoms with van der Waals surface area (Å²) < 4.78 is 13.0. The van der Waals surface area contributed by atoms with E-state index in [4.69, 9.17) is 0 Å². The molecule has 5 nitrogen and oxygen atoms in total. The quantitative estimate of drug-likeness (QED) is 0.869. The average molecular weight is 307 g/mol. The summed E-state index contributed by atoms with van der Waals surface area (Å²) in [5.41, 5.74) is 0.475. The second kappa shape index (κ2) is 7.89. The second-order valence-electron chi connectivity index (χ2n) is 5.54. The minimum Gasteiger partial charge on any atom is -0.359 e. The van der Waals surface area contributed by atoms with Gasteiger partial charge in [0.25, 0.3) is 0 Å². The highest BCUT2D eigenvalue weighted by Gasteiger charge is 2.24. The Morgan fingerprint density at radius 2 is 2.05 bits per heavy atom. The smallest absolute Gasteiger partial charge is 0.225 e. The van der Waals surface area contributed by atoms with Gasteiger partial charge in [-0.25, -0.2) is 4.39 Å². The lowest BCUT2D eigenvalue weighted by molar-refractivity contribution is -0.126. The molecule has 2 rings (SSSR count). The largest absolute Gasteiger partial charge is 0.359 e. The van der Waals surface area contributed by atoms with E-state index in [1.165, 1.54) is 12.1 Å². The Hall–Kier alpha value is -1.95. The molecular weight excluding hydrogens is 285 g/mol. The third-order valence-corrected chi connectivity index (χ3v) is 3.97. The summed E-state index contributed by atoms with van der Waals surface area (Å²) in [6.45, 7) is 2.30. The average Bonchev–Trinajstić information content (AvgIpc) is 2.52. The van der Waals surface area contributed by atoms with Crippen molar-refractivity contribution >= 4 is 17.5 Å². The number of rotatable bonds is 5. The van der Waals surface area contributed by atoms with Gasteiger partial charge in [0.2, 0.25) is 11.8 Å². The fourth-order valence-corrected chi connectivity index (χ4v) is 2.67. The van der Waals surface area contributed by atoms with Crippen molar-refractivity contribution < 1.29 is 14.0 Å². The number of hydrogen-bond donors (Lipinski definition) is 2. The highest BCUT2D eigenvalue weighted by molar-refractivity contribution is 5.90. The molecule has 0 spiro atoms. The Bertz CT molecular complexity index is 528. The van der Waals surface area contributed by atoms with Crippen molar-refractivity contribution in [3.05, 3.63) is 30.1 Å². The number of anilines is 1. The highest BCUT2D eigenvalue weighted by atomic mass is 19.1. The lowest BCUT2D eigenvalue weighted by Gasteiger charge is -2.30. The van der Waals surface area contributed by atoms with Crippen molar-refractivity contribution in [2.24, 2.45) is 5.92 Å². The predicted molar refractivity (Wildman–Crippen MR) is 82.9 cm³/mol. The van der Waals surface area contributed by atoms with E-state index in [2.05, 4.69) is 15.5 Å². The summed E-state index contributed by atoms with van der Waals surface area (Å²) >= 11 is 0. The lowest BCUT2D eigenvalue weighted by Crippen LogP contribution is -2.40. The summed E-state index contributed by atoms with van der Waals surface area (Å²) in [6, 6.07) is 5.86. The molecule has 1 saturated heterocycles. The van der Waals surface area contributed by atoms with Crippen molar-refractivity contribution in [1.29, 1.82) is 0 Å². The first-order chi connectivity index (χ1) is 10.6. The first-order valence-electron chi connectivity index (χ1n) is 7.58. The van der Waals surface area contributed by atoms with Crippen LogP contribution in [0, 0.1) is 11.7 Å². The third-order valence-electron chi connectivity index (χ3n) is 3.97. The van der Waals surface area contributed by atoms with E-state index in [1.807, 2.05) is 0 Å². The van der Waals surface area contributed by atoms with Crippen LogP contribution in [0.4, 0.5) is 10.1 Å². The van der Waals surface area contributed by atoms with Crippen LogP contribution in [0.5, 0.6) is 0 Å². The van der Waals surface area contributed by atoms with Crippen LogP contribution in [0.15, 0.2) is 24.3 Å². The number of carbonyl (C=O) groups excluding carboxylic acids is 2. The van der Waals surface area contributed by atoms with Crippen molar-refractivity contribution in [2.75, 3.05) is 32.0 Å². The Labute approximate surface area is 129 Å². The third kappa shape index (κ3) is 4.80. The van der Waals surface area contributed by atoms with Crippen LogP contribution < -0.4 is 10.6 Å². The van der Waals surface area contributed by atoms with E-state index >= 15 is 0 Å². The normalized spacial score (nSPS) is 16.3. The molecule has 0 aromatic heterocycles. The number of carbonyl (C=O) groups is 2. The molecule has 1 fully saturated rings. The minimum absolute atomic E-state index is 0.0855. The summed E-state index contributed by atoms with van der Waals surface area (Å²) in [5.74, 6) is -0.307. The topological polar surface area (TPSA) is 61.4 Å². The molecule has 1 aromatic rings. The van der Waals surface area contributed by atoms with Crippen LogP contribution in [-0.4, -0.2) is 43.4 Å². The molecule has 1 aromatic carbocycles. The van der Waals surface area contributed by atoms with Gasteiger partial charge in [-0.15, -0.1) is 0 Å². The number of halogens is 1. The van der Waals surface area contributed by atoms with E-state index < -0.39 is 0 Å². The summed E-state index contributed by atoms with van der Waals surface area (Å²) in [6.07, 6.45) is 2.01. The molecule has 0 radical (unpaired) electrons. The Morgan fingerprint density at radius 3 is 2.68 bits per heavy atom. The van der Waals surface area contributed by atoms with Crippen LogP contribution in [0.1, 0.15) is 19.3 Å². The van der Waals surface area contributed by atoms with E-state index in [0.29, 0.717) is 18.7 Å². The number of likely N-dealkylation sites (tertiary alicyclic amines) is 1. The van der Waals surface area contributed by atoms with Crippen LogP contribution in [0.2, 0.25) is 0 Å². The Morgan fingerprint density at radius 1 is 1.32 bits per heavy atom. The molecule has 1 heterocycles. The first-order valence-corrected chi connectivity index (χ1v) is 7.58. The van der Waals surface area contributed by atoms with Gasteiger partial charge in [0.05, 0.1) is 0 Å². The van der Waals surface area contributed by atoms with E-state index in [0.717, 1.165) is 25.9 Å². The summed E-state index contributed by atoms with van der Waals surface area (Å²) in [4.78, 5) is 25.6. The van der Waals surface area contributed by atoms with Crippen LogP contribution in [-0.2, 0) is 9.59 Å². The van der Waals surface area contributed by atoms with Crippen molar-refractivity contribution in [1.82, 2.24) is 10.2 Å². The zero-order chi connectivity index (χ0) is 15.9. The maximum atomic E-state index is 13.0. The molecule has 2 amide bonds. The number of piperidine rings is 1. The number of amides is 2. The highest BCUT2D eigenvalue weighted by Crippen LogP contribution is 2.17. The van der Waals surface area contributed by atoms with Crippen LogP contribution in [0.3, 0.4) is 0 Å². The van der Waals surface area contributed by atoms with Crippen LogP contribution in [0.25, 0.3) is 0 Å². The van der Waals surface area contributed by atoms with E-state index in [1.54, 1.807) is 19.2 Å². The fourth-order valence-electron chi connectivity index (χ4n) is 2.67. The van der Waals surface area contributed by atoms with E-state index in [9.17, 15) is 14.0 Å². The zero-order valence-corrected chi connectivity index (χ0v) is 12.8. The molecule has 0 atom stereocenters. The monoisotopic (exact) mass is 307 g/mol. The number of nitrogens with zero attached hydrogens (tertiary/aromatic N) is 1.